The molecule has 2 aromatic rings. The molecule has 1 saturated heterocycles. The van der Waals surface area contributed by atoms with E-state index in [1.165, 1.54) is 19.3 Å². The second-order valence-electron chi connectivity index (χ2n) is 6.46. The van der Waals surface area contributed by atoms with Gasteiger partial charge in [0.05, 0.1) is 24.5 Å². The molecule has 0 amide bonds. The van der Waals surface area contributed by atoms with E-state index in [-0.39, 0.29) is 12.0 Å². The fourth-order valence-corrected chi connectivity index (χ4v) is 3.76. The lowest BCUT2D eigenvalue weighted by molar-refractivity contribution is 0.0954. The quantitative estimate of drug-likeness (QED) is 0.895. The monoisotopic (exact) mass is 317 g/mol. The van der Waals surface area contributed by atoms with Gasteiger partial charge in [-0.15, -0.1) is 10.2 Å². The van der Waals surface area contributed by atoms with E-state index < -0.39 is 0 Å². The molecule has 4 heterocycles. The third kappa shape index (κ3) is 2.88. The Kier molecular flexibility index (Phi) is 4.09. The molecule has 2 aliphatic rings. The number of hydrogen-bond donors (Lipinski definition) is 1. The number of aromatic nitrogens is 6. The van der Waals surface area contributed by atoms with Crippen LogP contribution in [-0.2, 0) is 24.2 Å². The average molecular weight is 317 g/mol. The molecular weight excluding hydrogens is 294 g/mol. The number of aryl methyl sites for hydroxylation is 1. The minimum absolute atomic E-state index is 0.145. The topological polar surface area (TPSA) is 84.8 Å². The summed E-state index contributed by atoms with van der Waals surface area (Å²) in [6.45, 7) is 3.66. The van der Waals surface area contributed by atoms with Gasteiger partial charge in [-0.05, 0) is 12.8 Å². The number of rotatable bonds is 4. The normalized spacial score (nSPS) is 25.4. The summed E-state index contributed by atoms with van der Waals surface area (Å²) in [7, 11) is 1.77. The molecule has 0 spiro atoms. The number of nitrogens with zero attached hydrogens (tertiary/aromatic N) is 6. The van der Waals surface area contributed by atoms with E-state index in [0.29, 0.717) is 0 Å². The lowest BCUT2D eigenvalue weighted by Gasteiger charge is -2.15. The van der Waals surface area contributed by atoms with E-state index in [0.717, 1.165) is 49.9 Å². The third-order valence-corrected chi connectivity index (χ3v) is 5.01. The molecule has 0 aliphatic carbocycles. The molecule has 2 atom stereocenters. The average Bonchev–Trinajstić information content (AvgIpc) is 3.26. The molecule has 0 unspecified atom stereocenters. The van der Waals surface area contributed by atoms with Crippen LogP contribution in [0.1, 0.15) is 42.5 Å². The summed E-state index contributed by atoms with van der Waals surface area (Å²) in [4.78, 5) is 2.38. The van der Waals surface area contributed by atoms with Crippen molar-refractivity contribution in [1.29, 1.82) is 0 Å². The standard InChI is InChI=1S/C15H23N7O/c1-23-13-9-21(8-11(13)12-7-16-20-17-12)10-15-19-18-14-5-3-2-4-6-22(14)15/h7,11,13H,2-6,8-10H2,1H3,(H,16,17,20)/t11-,13+/m0/s1. The van der Waals surface area contributed by atoms with Gasteiger partial charge in [-0.3, -0.25) is 4.90 Å². The second kappa shape index (κ2) is 6.37. The van der Waals surface area contributed by atoms with Gasteiger partial charge in [0.1, 0.15) is 11.6 Å². The van der Waals surface area contributed by atoms with E-state index in [1.807, 2.05) is 0 Å². The number of aromatic amines is 1. The number of ether oxygens (including phenoxy) is 1. The fourth-order valence-electron chi connectivity index (χ4n) is 3.76. The second-order valence-corrected chi connectivity index (χ2v) is 6.46. The Balaban J connectivity index is 1.49. The van der Waals surface area contributed by atoms with E-state index in [2.05, 4.69) is 35.1 Å². The maximum absolute atomic E-state index is 5.66. The number of H-pyrrole nitrogens is 1. The Morgan fingerprint density at radius 2 is 2.22 bits per heavy atom. The van der Waals surface area contributed by atoms with Gasteiger partial charge < -0.3 is 9.30 Å². The van der Waals surface area contributed by atoms with Crippen molar-refractivity contribution in [3.05, 3.63) is 23.5 Å². The van der Waals surface area contributed by atoms with Crippen molar-refractivity contribution in [3.63, 3.8) is 0 Å². The number of likely N-dealkylation sites (tertiary alicyclic amines) is 1. The summed E-state index contributed by atoms with van der Waals surface area (Å²) in [6, 6.07) is 0. The van der Waals surface area contributed by atoms with Crippen LogP contribution in [0.15, 0.2) is 6.20 Å². The van der Waals surface area contributed by atoms with E-state index in [4.69, 9.17) is 4.74 Å². The molecule has 2 aliphatic heterocycles. The van der Waals surface area contributed by atoms with Crippen LogP contribution < -0.4 is 0 Å². The summed E-state index contributed by atoms with van der Waals surface area (Å²) in [5.41, 5.74) is 0.972. The predicted molar refractivity (Wildman–Crippen MR) is 82.8 cm³/mol. The first-order valence-corrected chi connectivity index (χ1v) is 8.37. The number of methoxy groups -OCH3 is 1. The highest BCUT2D eigenvalue weighted by atomic mass is 16.5. The van der Waals surface area contributed by atoms with Crippen LogP contribution in [0.25, 0.3) is 0 Å². The molecule has 8 heteroatoms. The van der Waals surface area contributed by atoms with Crippen molar-refractivity contribution < 1.29 is 4.74 Å². The van der Waals surface area contributed by atoms with Gasteiger partial charge in [-0.1, -0.05) is 6.42 Å². The Morgan fingerprint density at radius 3 is 3.04 bits per heavy atom. The number of nitrogens with one attached hydrogen (secondary N) is 1. The van der Waals surface area contributed by atoms with Crippen molar-refractivity contribution in [1.82, 2.24) is 35.1 Å². The lowest BCUT2D eigenvalue weighted by Crippen LogP contribution is -2.24. The third-order valence-electron chi connectivity index (χ3n) is 5.01. The van der Waals surface area contributed by atoms with Crippen molar-refractivity contribution in [2.24, 2.45) is 0 Å². The van der Waals surface area contributed by atoms with Crippen LogP contribution in [-0.4, -0.2) is 61.4 Å². The van der Waals surface area contributed by atoms with Crippen LogP contribution in [0.5, 0.6) is 0 Å². The summed E-state index contributed by atoms with van der Waals surface area (Å²) < 4.78 is 7.98. The fraction of sp³-hybridized carbons (Fsp3) is 0.733. The van der Waals surface area contributed by atoms with Crippen molar-refractivity contribution in [2.75, 3.05) is 20.2 Å². The van der Waals surface area contributed by atoms with Gasteiger partial charge in [0.2, 0.25) is 0 Å². The van der Waals surface area contributed by atoms with Crippen LogP contribution >= 0.6 is 0 Å². The largest absolute Gasteiger partial charge is 0.379 e. The van der Waals surface area contributed by atoms with Gasteiger partial charge in [0.25, 0.3) is 0 Å². The first kappa shape index (κ1) is 14.8. The highest BCUT2D eigenvalue weighted by Crippen LogP contribution is 2.29. The molecular formula is C15H23N7O. The molecule has 0 aromatic carbocycles. The minimum Gasteiger partial charge on any atom is -0.379 e. The van der Waals surface area contributed by atoms with Crippen molar-refractivity contribution in [2.45, 2.75) is 50.8 Å². The first-order chi connectivity index (χ1) is 11.3. The molecule has 1 fully saturated rings. The minimum atomic E-state index is 0.145. The number of hydrogen-bond acceptors (Lipinski definition) is 6. The molecule has 1 N–H and O–H groups in total. The zero-order valence-corrected chi connectivity index (χ0v) is 13.5. The Labute approximate surface area is 135 Å². The molecule has 2 aromatic heterocycles. The summed E-state index contributed by atoms with van der Waals surface area (Å²) in [6.07, 6.45) is 6.72. The van der Waals surface area contributed by atoms with Gasteiger partial charge >= 0.3 is 0 Å². The van der Waals surface area contributed by atoms with E-state index in [1.54, 1.807) is 13.3 Å². The van der Waals surface area contributed by atoms with Gasteiger partial charge in [-0.25, -0.2) is 0 Å². The maximum atomic E-state index is 5.66. The van der Waals surface area contributed by atoms with E-state index in [9.17, 15) is 0 Å². The molecule has 0 bridgehead atoms. The van der Waals surface area contributed by atoms with Crippen molar-refractivity contribution in [3.8, 4) is 0 Å². The Morgan fingerprint density at radius 1 is 1.26 bits per heavy atom. The van der Waals surface area contributed by atoms with Gasteiger partial charge in [-0.2, -0.15) is 15.4 Å². The summed E-state index contributed by atoms with van der Waals surface area (Å²) in [5, 5.41) is 19.7. The summed E-state index contributed by atoms with van der Waals surface area (Å²) in [5.74, 6) is 2.48. The van der Waals surface area contributed by atoms with Crippen LogP contribution in [0, 0.1) is 0 Å². The molecule has 0 radical (unpaired) electrons. The Bertz CT molecular complexity index is 638. The summed E-state index contributed by atoms with van der Waals surface area (Å²) >= 11 is 0. The maximum Gasteiger partial charge on any atom is 0.147 e. The highest BCUT2D eigenvalue weighted by Gasteiger charge is 2.36. The van der Waals surface area contributed by atoms with Crippen molar-refractivity contribution >= 4 is 0 Å². The SMILES string of the molecule is CO[C@@H]1CN(Cc2nnc3n2CCCCC3)C[C@H]1c1cn[nH]n1. The van der Waals surface area contributed by atoms with Gasteiger partial charge in [0.15, 0.2) is 0 Å². The first-order valence-electron chi connectivity index (χ1n) is 8.37. The molecule has 23 heavy (non-hydrogen) atoms. The number of fused-ring (bicyclic) bond motifs is 1. The predicted octanol–water partition coefficient (Wildman–Crippen LogP) is 0.737. The molecule has 4 rings (SSSR count). The van der Waals surface area contributed by atoms with E-state index >= 15 is 0 Å². The van der Waals surface area contributed by atoms with Crippen LogP contribution in [0.3, 0.4) is 0 Å². The van der Waals surface area contributed by atoms with Crippen LogP contribution in [0.4, 0.5) is 0 Å². The molecule has 0 saturated carbocycles. The lowest BCUT2D eigenvalue weighted by atomic mass is 10.0. The highest BCUT2D eigenvalue weighted by molar-refractivity contribution is 5.10. The van der Waals surface area contributed by atoms with Crippen LogP contribution in [0.2, 0.25) is 0 Å². The zero-order chi connectivity index (χ0) is 15.6. The smallest absolute Gasteiger partial charge is 0.147 e. The Hall–Kier alpha value is -1.80. The van der Waals surface area contributed by atoms with Gasteiger partial charge in [0, 0.05) is 39.1 Å². The molecule has 8 nitrogen and oxygen atoms in total. The zero-order valence-electron chi connectivity index (χ0n) is 13.5. The molecule has 124 valence electrons.